The molecule has 0 fully saturated rings. The molecular weight excluding hydrogens is 360 g/mol. The Kier molecular flexibility index (Phi) is 6.83. The highest BCUT2D eigenvalue weighted by molar-refractivity contribution is 6.32. The van der Waals surface area contributed by atoms with Crippen molar-refractivity contribution >= 4 is 29.2 Å². The third kappa shape index (κ3) is 5.69. The summed E-state index contributed by atoms with van der Waals surface area (Å²) < 4.78 is 15.1. The number of hydrogen-bond acceptors (Lipinski definition) is 6. The van der Waals surface area contributed by atoms with Crippen LogP contribution in [0.5, 0.6) is 11.5 Å². The van der Waals surface area contributed by atoms with E-state index in [1.165, 1.54) is 13.2 Å². The van der Waals surface area contributed by atoms with Crippen molar-refractivity contribution in [2.24, 2.45) is 0 Å². The number of rotatable bonds is 7. The predicted octanol–water partition coefficient (Wildman–Crippen LogP) is 2.78. The van der Waals surface area contributed by atoms with Gasteiger partial charge in [0.05, 0.1) is 23.8 Å². The Hall–Kier alpha value is -3.24. The Morgan fingerprint density at radius 2 is 1.88 bits per heavy atom. The highest BCUT2D eigenvalue weighted by Gasteiger charge is 2.10. The van der Waals surface area contributed by atoms with E-state index in [1.54, 1.807) is 36.4 Å². The van der Waals surface area contributed by atoms with Gasteiger partial charge in [-0.1, -0.05) is 11.6 Å². The number of ether oxygens (including phenoxy) is 3. The minimum Gasteiger partial charge on any atom is -0.495 e. The smallest absolute Gasteiger partial charge is 0.344 e. The van der Waals surface area contributed by atoms with Gasteiger partial charge < -0.3 is 19.5 Å². The van der Waals surface area contributed by atoms with Crippen LogP contribution in [0.4, 0.5) is 5.69 Å². The average molecular weight is 375 g/mol. The maximum absolute atomic E-state index is 11.8. The largest absolute Gasteiger partial charge is 0.495 e. The maximum atomic E-state index is 11.8. The van der Waals surface area contributed by atoms with E-state index >= 15 is 0 Å². The zero-order valence-electron chi connectivity index (χ0n) is 13.8. The standard InChI is InChI=1S/C18H15ClN2O5/c1-24-16-7-4-13(8-15(16)19)21-17(22)10-26-18(23)11-25-14-5-2-12(9-20)3-6-14/h2-8H,10-11H2,1H3,(H,21,22). The lowest BCUT2D eigenvalue weighted by Crippen LogP contribution is -2.23. The molecule has 0 aromatic heterocycles. The van der Waals surface area contributed by atoms with Crippen molar-refractivity contribution in [2.45, 2.75) is 0 Å². The molecule has 0 spiro atoms. The maximum Gasteiger partial charge on any atom is 0.344 e. The van der Waals surface area contributed by atoms with Gasteiger partial charge in [-0.2, -0.15) is 5.26 Å². The number of methoxy groups -OCH3 is 1. The second-order valence-corrected chi connectivity index (χ2v) is 5.39. The summed E-state index contributed by atoms with van der Waals surface area (Å²) >= 11 is 5.96. The summed E-state index contributed by atoms with van der Waals surface area (Å²) in [6.45, 7) is -0.813. The molecule has 1 amide bonds. The van der Waals surface area contributed by atoms with E-state index in [2.05, 4.69) is 5.32 Å². The molecule has 0 bridgehead atoms. The van der Waals surface area contributed by atoms with Crippen LogP contribution < -0.4 is 14.8 Å². The first-order valence-corrected chi connectivity index (χ1v) is 7.81. The molecular formula is C18H15ClN2O5. The van der Waals surface area contributed by atoms with Crippen molar-refractivity contribution in [2.75, 3.05) is 25.6 Å². The molecule has 0 saturated heterocycles. The van der Waals surface area contributed by atoms with Gasteiger partial charge in [-0.3, -0.25) is 4.79 Å². The molecule has 2 rings (SSSR count). The van der Waals surface area contributed by atoms with Crippen molar-refractivity contribution in [3.63, 3.8) is 0 Å². The number of esters is 1. The number of halogens is 1. The first-order valence-electron chi connectivity index (χ1n) is 7.44. The third-order valence-corrected chi connectivity index (χ3v) is 3.44. The Morgan fingerprint density at radius 1 is 1.15 bits per heavy atom. The van der Waals surface area contributed by atoms with Crippen molar-refractivity contribution < 1.29 is 23.8 Å². The van der Waals surface area contributed by atoms with Gasteiger partial charge in [0.2, 0.25) is 0 Å². The number of amides is 1. The van der Waals surface area contributed by atoms with E-state index < -0.39 is 18.5 Å². The first kappa shape index (κ1) is 19.1. The van der Waals surface area contributed by atoms with Crippen molar-refractivity contribution in [3.8, 4) is 17.6 Å². The molecule has 7 nitrogen and oxygen atoms in total. The number of nitrogens with zero attached hydrogens (tertiary/aromatic N) is 1. The van der Waals surface area contributed by atoms with E-state index in [-0.39, 0.29) is 6.61 Å². The number of carbonyl (C=O) groups is 2. The lowest BCUT2D eigenvalue weighted by atomic mass is 10.2. The first-order chi connectivity index (χ1) is 12.5. The predicted molar refractivity (Wildman–Crippen MR) is 94.2 cm³/mol. The molecule has 0 aliphatic heterocycles. The number of nitrogens with one attached hydrogen (secondary N) is 1. The van der Waals surface area contributed by atoms with E-state index in [9.17, 15) is 9.59 Å². The van der Waals surface area contributed by atoms with Crippen LogP contribution >= 0.6 is 11.6 Å². The number of benzene rings is 2. The van der Waals surface area contributed by atoms with Gasteiger partial charge >= 0.3 is 5.97 Å². The quantitative estimate of drug-likeness (QED) is 0.748. The second-order valence-electron chi connectivity index (χ2n) is 4.98. The van der Waals surface area contributed by atoms with E-state index in [0.717, 1.165) is 0 Å². The molecule has 2 aromatic carbocycles. The summed E-state index contributed by atoms with van der Waals surface area (Å²) in [7, 11) is 1.48. The third-order valence-electron chi connectivity index (χ3n) is 3.14. The van der Waals surface area contributed by atoms with Crippen LogP contribution in [0, 0.1) is 11.3 Å². The van der Waals surface area contributed by atoms with Crippen LogP contribution in [0.1, 0.15) is 5.56 Å². The summed E-state index contributed by atoms with van der Waals surface area (Å²) in [5, 5.41) is 11.6. The second kappa shape index (κ2) is 9.30. The van der Waals surface area contributed by atoms with Crippen LogP contribution in [0.25, 0.3) is 0 Å². The molecule has 134 valence electrons. The van der Waals surface area contributed by atoms with Crippen LogP contribution in [0.2, 0.25) is 5.02 Å². The van der Waals surface area contributed by atoms with Gasteiger partial charge in [-0.05, 0) is 42.5 Å². The molecule has 0 atom stereocenters. The van der Waals surface area contributed by atoms with Gasteiger partial charge in [-0.25, -0.2) is 4.79 Å². The van der Waals surface area contributed by atoms with E-state index in [1.807, 2.05) is 6.07 Å². The van der Waals surface area contributed by atoms with Crippen LogP contribution in [-0.4, -0.2) is 32.2 Å². The number of carbonyl (C=O) groups excluding carboxylic acids is 2. The van der Waals surface area contributed by atoms with Crippen molar-refractivity contribution in [3.05, 3.63) is 53.1 Å². The van der Waals surface area contributed by atoms with Gasteiger partial charge in [0.25, 0.3) is 5.91 Å². The fourth-order valence-electron chi connectivity index (χ4n) is 1.90. The Balaban J connectivity index is 1.75. The molecule has 0 aliphatic rings. The number of hydrogen-bond donors (Lipinski definition) is 1. The number of anilines is 1. The Labute approximate surface area is 155 Å². The average Bonchev–Trinajstić information content (AvgIpc) is 2.65. The van der Waals surface area contributed by atoms with Gasteiger partial charge in [0.15, 0.2) is 13.2 Å². The molecule has 0 unspecified atom stereocenters. The SMILES string of the molecule is COc1ccc(NC(=O)COC(=O)COc2ccc(C#N)cc2)cc1Cl. The molecule has 0 aliphatic carbocycles. The molecule has 26 heavy (non-hydrogen) atoms. The molecule has 0 heterocycles. The normalized spacial score (nSPS) is 9.73. The zero-order valence-corrected chi connectivity index (χ0v) is 14.6. The van der Waals surface area contributed by atoms with Gasteiger partial charge in [0.1, 0.15) is 11.5 Å². The fourth-order valence-corrected chi connectivity index (χ4v) is 2.15. The monoisotopic (exact) mass is 374 g/mol. The van der Waals surface area contributed by atoms with Crippen molar-refractivity contribution in [1.29, 1.82) is 5.26 Å². The topological polar surface area (TPSA) is 97.7 Å². The van der Waals surface area contributed by atoms with Crippen molar-refractivity contribution in [1.82, 2.24) is 0 Å². The van der Waals surface area contributed by atoms with E-state index in [0.29, 0.717) is 27.8 Å². The summed E-state index contributed by atoms with van der Waals surface area (Å²) in [4.78, 5) is 23.4. The summed E-state index contributed by atoms with van der Waals surface area (Å²) in [5.74, 6) is -0.315. The van der Waals surface area contributed by atoms with Crippen LogP contribution in [-0.2, 0) is 14.3 Å². The van der Waals surface area contributed by atoms with Gasteiger partial charge in [-0.15, -0.1) is 0 Å². The molecule has 2 aromatic rings. The molecule has 0 saturated carbocycles. The van der Waals surface area contributed by atoms with Crippen LogP contribution in [0.15, 0.2) is 42.5 Å². The number of nitriles is 1. The van der Waals surface area contributed by atoms with Crippen LogP contribution in [0.3, 0.4) is 0 Å². The highest BCUT2D eigenvalue weighted by atomic mass is 35.5. The molecule has 8 heteroatoms. The van der Waals surface area contributed by atoms with E-state index in [4.69, 9.17) is 31.1 Å². The summed E-state index contributed by atoms with van der Waals surface area (Å²) in [6, 6.07) is 13.0. The molecule has 1 N–H and O–H groups in total. The highest BCUT2D eigenvalue weighted by Crippen LogP contribution is 2.27. The summed E-state index contributed by atoms with van der Waals surface area (Å²) in [6.07, 6.45) is 0. The van der Waals surface area contributed by atoms with Gasteiger partial charge in [0, 0.05) is 5.69 Å². The molecule has 0 radical (unpaired) electrons. The fraction of sp³-hybridized carbons (Fsp3) is 0.167. The Morgan fingerprint density at radius 3 is 2.50 bits per heavy atom. The lowest BCUT2D eigenvalue weighted by molar-refractivity contribution is -0.149. The lowest BCUT2D eigenvalue weighted by Gasteiger charge is -2.09. The minimum atomic E-state index is -0.697. The summed E-state index contributed by atoms with van der Waals surface area (Å²) in [5.41, 5.74) is 0.931. The zero-order chi connectivity index (χ0) is 18.9. The minimum absolute atomic E-state index is 0.345. The Bertz CT molecular complexity index is 830.